The largest absolute Gasteiger partial charge is 0.378 e. The number of ether oxygens (including phenoxy) is 1. The third-order valence-electron chi connectivity index (χ3n) is 4.34. The molecule has 1 N–H and O–H groups in total. The van der Waals surface area contributed by atoms with Gasteiger partial charge in [-0.2, -0.15) is 8.78 Å². The third kappa shape index (κ3) is 4.90. The topological polar surface area (TPSA) is 106 Å². The number of rotatable bonds is 8. The zero-order chi connectivity index (χ0) is 21.7. The van der Waals surface area contributed by atoms with Gasteiger partial charge in [0, 0.05) is 19.6 Å². The summed E-state index contributed by atoms with van der Waals surface area (Å²) in [5, 5.41) is 11.3. The van der Waals surface area contributed by atoms with Gasteiger partial charge in [0.05, 0.1) is 29.5 Å². The van der Waals surface area contributed by atoms with Crippen molar-refractivity contribution in [1.82, 2.24) is 14.8 Å². The van der Waals surface area contributed by atoms with Crippen LogP contribution < -0.4 is 10.2 Å². The highest BCUT2D eigenvalue weighted by Crippen LogP contribution is 2.27. The molecular weight excluding hydrogens is 440 g/mol. The van der Waals surface area contributed by atoms with E-state index in [1.807, 2.05) is 11.5 Å². The molecule has 0 radical (unpaired) electrons. The van der Waals surface area contributed by atoms with E-state index in [-0.39, 0.29) is 11.4 Å². The van der Waals surface area contributed by atoms with Gasteiger partial charge < -0.3 is 15.0 Å². The van der Waals surface area contributed by atoms with Gasteiger partial charge in [0.15, 0.2) is 5.16 Å². The van der Waals surface area contributed by atoms with Crippen molar-refractivity contribution in [2.45, 2.75) is 29.3 Å². The minimum Gasteiger partial charge on any atom is -0.378 e. The average molecular weight is 462 g/mol. The summed E-state index contributed by atoms with van der Waals surface area (Å²) in [5.41, 5.74) is -0.186. The number of thioether (sulfide) groups is 1. The highest BCUT2D eigenvalue weighted by atomic mass is 32.2. The van der Waals surface area contributed by atoms with Crippen LogP contribution in [0.15, 0.2) is 34.3 Å². The van der Waals surface area contributed by atoms with Crippen LogP contribution >= 0.6 is 11.8 Å². The summed E-state index contributed by atoms with van der Waals surface area (Å²) >= 11 is 1.13. The van der Waals surface area contributed by atoms with E-state index in [9.17, 15) is 22.0 Å². The van der Waals surface area contributed by atoms with Crippen molar-refractivity contribution in [2.75, 3.05) is 42.3 Å². The Balaban J connectivity index is 1.68. The SMILES string of the molecule is CCn1c(SCC(=O)Nc2ccccc2S(=O)(=O)C(F)F)nnc1N1CCOCC1. The van der Waals surface area contributed by atoms with Crippen LogP contribution in [-0.4, -0.2) is 66.9 Å². The number of benzene rings is 1. The normalized spacial score (nSPS) is 14.9. The minimum absolute atomic E-state index is 0.0930. The molecule has 0 saturated carbocycles. The summed E-state index contributed by atoms with van der Waals surface area (Å²) < 4.78 is 56.6. The molecule has 13 heteroatoms. The summed E-state index contributed by atoms with van der Waals surface area (Å²) in [6.45, 7) is 5.12. The van der Waals surface area contributed by atoms with Gasteiger partial charge in [-0.05, 0) is 19.1 Å². The number of aromatic nitrogens is 3. The lowest BCUT2D eigenvalue weighted by molar-refractivity contribution is -0.113. The average Bonchev–Trinajstić information content (AvgIpc) is 3.16. The molecule has 9 nitrogen and oxygen atoms in total. The van der Waals surface area contributed by atoms with Crippen LogP contribution in [-0.2, 0) is 25.9 Å². The Hall–Kier alpha value is -2.25. The van der Waals surface area contributed by atoms with Gasteiger partial charge in [0.25, 0.3) is 0 Å². The zero-order valence-electron chi connectivity index (χ0n) is 16.1. The predicted octanol–water partition coefficient (Wildman–Crippen LogP) is 1.86. The highest BCUT2D eigenvalue weighted by Gasteiger charge is 2.29. The molecule has 1 fully saturated rings. The molecule has 2 heterocycles. The predicted molar refractivity (Wildman–Crippen MR) is 108 cm³/mol. The van der Waals surface area contributed by atoms with Crippen molar-refractivity contribution in [3.63, 3.8) is 0 Å². The number of carbonyl (C=O) groups is 1. The minimum atomic E-state index is -4.84. The molecule has 30 heavy (non-hydrogen) atoms. The number of alkyl halides is 2. The maximum Gasteiger partial charge on any atom is 0.341 e. The van der Waals surface area contributed by atoms with Crippen LogP contribution in [0.3, 0.4) is 0 Å². The molecule has 3 rings (SSSR count). The maximum atomic E-state index is 12.9. The molecular formula is C17H21F2N5O4S2. The molecule has 0 bridgehead atoms. The van der Waals surface area contributed by atoms with Crippen LogP contribution in [0.5, 0.6) is 0 Å². The molecule has 1 aliphatic rings. The number of hydrogen-bond donors (Lipinski definition) is 1. The molecule has 1 aliphatic heterocycles. The fourth-order valence-corrected chi connectivity index (χ4v) is 4.58. The van der Waals surface area contributed by atoms with Gasteiger partial charge >= 0.3 is 5.76 Å². The van der Waals surface area contributed by atoms with E-state index in [0.717, 1.165) is 17.8 Å². The third-order valence-corrected chi connectivity index (χ3v) is 6.75. The molecule has 164 valence electrons. The summed E-state index contributed by atoms with van der Waals surface area (Å²) in [5.74, 6) is -3.52. The number of morpholine rings is 1. The lowest BCUT2D eigenvalue weighted by Gasteiger charge is -2.27. The summed E-state index contributed by atoms with van der Waals surface area (Å²) in [6.07, 6.45) is 0. The van der Waals surface area contributed by atoms with Crippen LogP contribution in [0, 0.1) is 0 Å². The van der Waals surface area contributed by atoms with Crippen molar-refractivity contribution in [1.29, 1.82) is 0 Å². The fraction of sp³-hybridized carbons (Fsp3) is 0.471. The number of hydrogen-bond acceptors (Lipinski definition) is 8. The zero-order valence-corrected chi connectivity index (χ0v) is 17.8. The van der Waals surface area contributed by atoms with Gasteiger partial charge in [0.1, 0.15) is 0 Å². The Morgan fingerprint density at radius 2 is 1.97 bits per heavy atom. The molecule has 0 spiro atoms. The van der Waals surface area contributed by atoms with Crippen LogP contribution in [0.4, 0.5) is 20.4 Å². The number of anilines is 2. The number of sulfone groups is 1. The molecule has 1 amide bonds. The van der Waals surface area contributed by atoms with Crippen LogP contribution in [0.1, 0.15) is 6.92 Å². The van der Waals surface area contributed by atoms with Crippen molar-refractivity contribution >= 4 is 39.1 Å². The summed E-state index contributed by atoms with van der Waals surface area (Å²) in [6, 6.07) is 5.07. The molecule has 1 aromatic carbocycles. The number of halogens is 2. The Labute approximate surface area is 176 Å². The molecule has 1 saturated heterocycles. The van der Waals surface area contributed by atoms with E-state index in [0.29, 0.717) is 44.0 Å². The monoisotopic (exact) mass is 461 g/mol. The Morgan fingerprint density at radius 1 is 1.27 bits per heavy atom. The second-order valence-electron chi connectivity index (χ2n) is 6.26. The lowest BCUT2D eigenvalue weighted by atomic mass is 10.3. The number of para-hydroxylation sites is 1. The maximum absolute atomic E-state index is 12.9. The van der Waals surface area contributed by atoms with Gasteiger partial charge in [-0.25, -0.2) is 8.42 Å². The van der Waals surface area contributed by atoms with E-state index in [4.69, 9.17) is 4.74 Å². The van der Waals surface area contributed by atoms with E-state index >= 15 is 0 Å². The van der Waals surface area contributed by atoms with Crippen molar-refractivity contribution < 1.29 is 26.7 Å². The summed E-state index contributed by atoms with van der Waals surface area (Å²) in [7, 11) is -4.84. The van der Waals surface area contributed by atoms with Crippen molar-refractivity contribution in [3.05, 3.63) is 24.3 Å². The van der Waals surface area contributed by atoms with Gasteiger partial charge in [0.2, 0.25) is 21.7 Å². The van der Waals surface area contributed by atoms with Gasteiger partial charge in [-0.15, -0.1) is 10.2 Å². The van der Waals surface area contributed by atoms with Crippen LogP contribution in [0.2, 0.25) is 0 Å². The summed E-state index contributed by atoms with van der Waals surface area (Å²) in [4.78, 5) is 13.8. The first-order valence-electron chi connectivity index (χ1n) is 9.14. The Bertz CT molecular complexity index is 994. The fourth-order valence-electron chi connectivity index (χ4n) is 2.89. The second-order valence-corrected chi connectivity index (χ2v) is 9.09. The van der Waals surface area contributed by atoms with Crippen LogP contribution in [0.25, 0.3) is 0 Å². The smallest absolute Gasteiger partial charge is 0.341 e. The number of amides is 1. The van der Waals surface area contributed by atoms with E-state index in [1.54, 1.807) is 0 Å². The van der Waals surface area contributed by atoms with Gasteiger partial charge in [-0.3, -0.25) is 9.36 Å². The first kappa shape index (κ1) is 22.4. The first-order valence-corrected chi connectivity index (χ1v) is 11.7. The molecule has 1 aromatic heterocycles. The van der Waals surface area contributed by atoms with E-state index in [2.05, 4.69) is 20.4 Å². The number of carbonyl (C=O) groups excluding carboxylic acids is 1. The Morgan fingerprint density at radius 3 is 2.63 bits per heavy atom. The quantitative estimate of drug-likeness (QED) is 0.594. The van der Waals surface area contributed by atoms with E-state index in [1.165, 1.54) is 18.2 Å². The first-order chi connectivity index (χ1) is 14.3. The Kier molecular flexibility index (Phi) is 7.26. The molecule has 0 aliphatic carbocycles. The molecule has 0 atom stereocenters. The standard InChI is InChI=1S/C17H21F2N5O4S2/c1-2-24-16(23-7-9-28-10-8-23)21-22-17(24)29-11-14(25)20-12-5-3-4-6-13(12)30(26,27)15(18)19/h3-6,15H,2,7-11H2,1H3,(H,20,25). The molecule has 0 unspecified atom stereocenters. The van der Waals surface area contributed by atoms with E-state index < -0.39 is 26.4 Å². The number of nitrogens with one attached hydrogen (secondary N) is 1. The van der Waals surface area contributed by atoms with Gasteiger partial charge in [-0.1, -0.05) is 23.9 Å². The lowest BCUT2D eigenvalue weighted by Crippen LogP contribution is -2.38. The second kappa shape index (κ2) is 9.71. The molecule has 2 aromatic rings. The van der Waals surface area contributed by atoms with Crippen molar-refractivity contribution in [3.8, 4) is 0 Å². The number of nitrogens with zero attached hydrogens (tertiary/aromatic N) is 4. The van der Waals surface area contributed by atoms with Crippen molar-refractivity contribution in [2.24, 2.45) is 0 Å². The highest BCUT2D eigenvalue weighted by molar-refractivity contribution is 7.99.